The number of pyridine rings is 1. The van der Waals surface area contributed by atoms with E-state index in [1.165, 1.54) is 16.8 Å². The van der Waals surface area contributed by atoms with Crippen molar-refractivity contribution in [1.29, 1.82) is 0 Å². The van der Waals surface area contributed by atoms with Gasteiger partial charge in [-0.2, -0.15) is 5.10 Å². The first-order valence-electron chi connectivity index (χ1n) is 11.6. The standard InChI is InChI=1S/C27H21F2N5O4S/c1-37-16-7-9-17(10-8-16)38-14-34-12-11-19(33-34)26(36)32-22-21-18(15-5-3-2-4-6-15)13-20(24(28)29)31-27(21)39-23(22)25(30)35/h2-13,24H,14H2,1H3,(H2,30,35)(H,32,36). The molecule has 3 N–H and O–H groups in total. The van der Waals surface area contributed by atoms with Gasteiger partial charge >= 0.3 is 0 Å². The highest BCUT2D eigenvalue weighted by Crippen LogP contribution is 2.42. The number of thiophene rings is 1. The van der Waals surface area contributed by atoms with Crippen LogP contribution in [0, 0.1) is 0 Å². The number of fused-ring (bicyclic) bond motifs is 1. The van der Waals surface area contributed by atoms with Crippen molar-refractivity contribution >= 4 is 39.1 Å². The number of nitrogens with two attached hydrogens (primary N) is 1. The van der Waals surface area contributed by atoms with E-state index in [0.717, 1.165) is 11.3 Å². The highest BCUT2D eigenvalue weighted by Gasteiger charge is 2.25. The number of methoxy groups -OCH3 is 1. The lowest BCUT2D eigenvalue weighted by Gasteiger charge is -2.10. The van der Waals surface area contributed by atoms with E-state index < -0.39 is 23.9 Å². The average molecular weight is 550 g/mol. The van der Waals surface area contributed by atoms with Crippen molar-refractivity contribution < 1.29 is 27.8 Å². The fourth-order valence-corrected chi connectivity index (χ4v) is 4.93. The molecule has 0 aliphatic carbocycles. The van der Waals surface area contributed by atoms with Gasteiger partial charge in [-0.15, -0.1) is 11.3 Å². The summed E-state index contributed by atoms with van der Waals surface area (Å²) in [4.78, 5) is 29.7. The second kappa shape index (κ2) is 10.9. The van der Waals surface area contributed by atoms with Gasteiger partial charge in [-0.25, -0.2) is 18.4 Å². The normalized spacial score (nSPS) is 11.1. The largest absolute Gasteiger partial charge is 0.497 e. The summed E-state index contributed by atoms with van der Waals surface area (Å²) < 4.78 is 39.5. The molecule has 0 saturated heterocycles. The van der Waals surface area contributed by atoms with Gasteiger partial charge in [0, 0.05) is 11.6 Å². The minimum atomic E-state index is -2.84. The summed E-state index contributed by atoms with van der Waals surface area (Å²) in [6, 6.07) is 18.5. The highest BCUT2D eigenvalue weighted by molar-refractivity contribution is 7.21. The zero-order chi connectivity index (χ0) is 27.5. The maximum Gasteiger partial charge on any atom is 0.280 e. The van der Waals surface area contributed by atoms with Gasteiger partial charge in [0.25, 0.3) is 18.2 Å². The van der Waals surface area contributed by atoms with E-state index in [9.17, 15) is 18.4 Å². The molecule has 0 fully saturated rings. The fraction of sp³-hybridized carbons (Fsp3) is 0.111. The number of carbonyl (C=O) groups is 2. The number of aromatic nitrogens is 3. The maximum absolute atomic E-state index is 13.7. The number of anilines is 1. The molecule has 5 rings (SSSR count). The highest BCUT2D eigenvalue weighted by atomic mass is 32.1. The van der Waals surface area contributed by atoms with Crippen LogP contribution in [0.5, 0.6) is 11.5 Å². The number of nitrogens with zero attached hydrogens (tertiary/aromatic N) is 3. The number of nitrogens with one attached hydrogen (secondary N) is 1. The quantitative estimate of drug-likeness (QED) is 0.251. The van der Waals surface area contributed by atoms with Gasteiger partial charge in [0.15, 0.2) is 12.4 Å². The number of rotatable bonds is 9. The Kier molecular flexibility index (Phi) is 7.19. The summed E-state index contributed by atoms with van der Waals surface area (Å²) in [5.41, 5.74) is 6.27. The van der Waals surface area contributed by atoms with Crippen molar-refractivity contribution in [1.82, 2.24) is 14.8 Å². The van der Waals surface area contributed by atoms with Crippen molar-refractivity contribution in [2.75, 3.05) is 12.4 Å². The molecule has 0 atom stereocenters. The van der Waals surface area contributed by atoms with Crippen LogP contribution >= 0.6 is 11.3 Å². The zero-order valence-corrected chi connectivity index (χ0v) is 21.2. The van der Waals surface area contributed by atoms with Crippen LogP contribution in [0.15, 0.2) is 72.9 Å². The topological polar surface area (TPSA) is 121 Å². The lowest BCUT2D eigenvalue weighted by atomic mass is 10.0. The number of hydrogen-bond acceptors (Lipinski definition) is 7. The Hall–Kier alpha value is -4.84. The number of hydrogen-bond donors (Lipinski definition) is 2. The summed E-state index contributed by atoms with van der Waals surface area (Å²) in [7, 11) is 1.57. The summed E-state index contributed by atoms with van der Waals surface area (Å²) in [5, 5.41) is 7.28. The molecule has 0 aliphatic rings. The number of benzene rings is 2. The second-order valence-corrected chi connectivity index (χ2v) is 9.25. The zero-order valence-electron chi connectivity index (χ0n) is 20.4. The average Bonchev–Trinajstić information content (AvgIpc) is 3.57. The number of carbonyl (C=O) groups excluding carboxylic acids is 2. The minimum Gasteiger partial charge on any atom is -0.497 e. The van der Waals surface area contributed by atoms with Gasteiger partial charge in [-0.3, -0.25) is 9.59 Å². The van der Waals surface area contributed by atoms with Gasteiger partial charge in [0.1, 0.15) is 26.9 Å². The molecule has 9 nitrogen and oxygen atoms in total. The SMILES string of the molecule is COc1ccc(OCn2ccc(C(=O)Nc3c(C(N)=O)sc4nc(C(F)F)cc(-c5ccccc5)c34)n2)cc1. The Bertz CT molecular complexity index is 1650. The third-order valence-electron chi connectivity index (χ3n) is 5.75. The first-order valence-corrected chi connectivity index (χ1v) is 12.4. The predicted octanol–water partition coefficient (Wildman–Crippen LogP) is 5.49. The van der Waals surface area contributed by atoms with E-state index in [-0.39, 0.29) is 27.8 Å². The molecule has 5 aromatic rings. The molecule has 0 spiro atoms. The van der Waals surface area contributed by atoms with Crippen molar-refractivity contribution in [2.45, 2.75) is 13.2 Å². The number of halogens is 2. The van der Waals surface area contributed by atoms with E-state index in [1.54, 1.807) is 67.9 Å². The number of alkyl halides is 2. The number of ether oxygens (including phenoxy) is 2. The van der Waals surface area contributed by atoms with E-state index in [1.807, 2.05) is 0 Å². The summed E-state index contributed by atoms with van der Waals surface area (Å²) in [5.74, 6) is -0.188. The van der Waals surface area contributed by atoms with Crippen LogP contribution in [0.1, 0.15) is 32.3 Å². The molecular formula is C27H21F2N5O4S. The Balaban J connectivity index is 1.46. The maximum atomic E-state index is 13.7. The van der Waals surface area contributed by atoms with Crippen LogP contribution in [0.2, 0.25) is 0 Å². The second-order valence-electron chi connectivity index (χ2n) is 8.26. The van der Waals surface area contributed by atoms with Gasteiger partial charge < -0.3 is 20.5 Å². The summed E-state index contributed by atoms with van der Waals surface area (Å²) in [6.45, 7) is 0.0337. The molecule has 0 aliphatic heterocycles. The lowest BCUT2D eigenvalue weighted by Crippen LogP contribution is -2.17. The van der Waals surface area contributed by atoms with Gasteiger partial charge in [-0.1, -0.05) is 30.3 Å². The van der Waals surface area contributed by atoms with E-state index in [4.69, 9.17) is 15.2 Å². The molecule has 0 unspecified atom stereocenters. The first-order chi connectivity index (χ1) is 18.8. The number of amides is 2. The van der Waals surface area contributed by atoms with E-state index in [2.05, 4.69) is 15.4 Å². The van der Waals surface area contributed by atoms with Gasteiger partial charge in [0.05, 0.1) is 12.8 Å². The van der Waals surface area contributed by atoms with Gasteiger partial charge in [-0.05, 0) is 47.5 Å². The summed E-state index contributed by atoms with van der Waals surface area (Å²) >= 11 is 0.835. The molecule has 198 valence electrons. The number of primary amides is 1. The van der Waals surface area contributed by atoms with Crippen molar-refractivity contribution in [2.24, 2.45) is 5.73 Å². The van der Waals surface area contributed by atoms with E-state index >= 15 is 0 Å². The molecule has 39 heavy (non-hydrogen) atoms. The molecular weight excluding hydrogens is 528 g/mol. The smallest absolute Gasteiger partial charge is 0.280 e. The molecule has 3 heterocycles. The van der Waals surface area contributed by atoms with Crippen LogP contribution in [0.3, 0.4) is 0 Å². The molecule has 3 aromatic heterocycles. The molecule has 12 heteroatoms. The Morgan fingerprint density at radius 2 is 1.79 bits per heavy atom. The van der Waals surface area contributed by atoms with E-state index in [0.29, 0.717) is 28.0 Å². The van der Waals surface area contributed by atoms with Crippen molar-refractivity contribution in [3.8, 4) is 22.6 Å². The third kappa shape index (κ3) is 5.41. The molecule has 2 amide bonds. The lowest BCUT2D eigenvalue weighted by molar-refractivity contribution is 0.100. The minimum absolute atomic E-state index is 0.0169. The molecule has 0 saturated carbocycles. The Morgan fingerprint density at radius 3 is 2.46 bits per heavy atom. The third-order valence-corrected chi connectivity index (χ3v) is 6.85. The monoisotopic (exact) mass is 549 g/mol. The Labute approximate surface area is 224 Å². The van der Waals surface area contributed by atoms with Gasteiger partial charge in [0.2, 0.25) is 0 Å². The van der Waals surface area contributed by atoms with Crippen molar-refractivity contribution in [3.05, 3.63) is 89.2 Å². The predicted molar refractivity (Wildman–Crippen MR) is 142 cm³/mol. The molecule has 2 aromatic carbocycles. The van der Waals surface area contributed by atoms with Crippen LogP contribution in [-0.4, -0.2) is 33.7 Å². The van der Waals surface area contributed by atoms with Crippen LogP contribution in [0.4, 0.5) is 14.5 Å². The molecule has 0 radical (unpaired) electrons. The summed E-state index contributed by atoms with van der Waals surface area (Å²) in [6.07, 6.45) is -1.27. The first kappa shape index (κ1) is 25.8. The van der Waals surface area contributed by atoms with Crippen LogP contribution < -0.4 is 20.5 Å². The van der Waals surface area contributed by atoms with Crippen molar-refractivity contribution in [3.63, 3.8) is 0 Å². The van der Waals surface area contributed by atoms with Crippen LogP contribution in [0.25, 0.3) is 21.3 Å². The van der Waals surface area contributed by atoms with Crippen LogP contribution in [-0.2, 0) is 6.73 Å². The Morgan fingerprint density at radius 1 is 1.08 bits per heavy atom. The fourth-order valence-electron chi connectivity index (χ4n) is 3.91. The molecule has 0 bridgehead atoms.